The number of carbonyl (C=O) groups excluding carboxylic acids is 1. The van der Waals surface area contributed by atoms with Gasteiger partial charge in [0.05, 0.1) is 0 Å². The average Bonchev–Trinajstić information content (AvgIpc) is 2.90. The van der Waals surface area contributed by atoms with Crippen molar-refractivity contribution in [1.29, 1.82) is 0 Å². The summed E-state index contributed by atoms with van der Waals surface area (Å²) < 4.78 is 0. The van der Waals surface area contributed by atoms with Gasteiger partial charge in [0.15, 0.2) is 0 Å². The van der Waals surface area contributed by atoms with Crippen molar-refractivity contribution in [3.63, 3.8) is 0 Å². The smallest absolute Gasteiger partial charge is 0.228 e. The normalized spacial score (nSPS) is 21.5. The summed E-state index contributed by atoms with van der Waals surface area (Å²) in [5, 5.41) is 0. The third-order valence-corrected chi connectivity index (χ3v) is 5.14. The van der Waals surface area contributed by atoms with Crippen LogP contribution in [0.15, 0.2) is 0 Å². The third-order valence-electron chi connectivity index (χ3n) is 5.14. The second kappa shape index (κ2) is 9.48. The Hall–Kier alpha value is -0.530. The molecule has 2 unspecified atom stereocenters. The number of hydrogen-bond donors (Lipinski definition) is 0. The van der Waals surface area contributed by atoms with Crippen LogP contribution in [0.2, 0.25) is 0 Å². The van der Waals surface area contributed by atoms with E-state index in [9.17, 15) is 4.79 Å². The Morgan fingerprint density at radius 2 is 1.67 bits per heavy atom. The predicted molar refractivity (Wildman–Crippen MR) is 91.4 cm³/mol. The molecule has 1 aliphatic heterocycles. The van der Waals surface area contributed by atoms with Gasteiger partial charge in [0.1, 0.15) is 0 Å². The van der Waals surface area contributed by atoms with Gasteiger partial charge in [-0.25, -0.2) is 0 Å². The molecular weight excluding hydrogens is 258 g/mol. The summed E-state index contributed by atoms with van der Waals surface area (Å²) in [6, 6.07) is 0. The Morgan fingerprint density at radius 3 is 2.24 bits per heavy atom. The number of hydrogen-bond acceptors (Lipinski definition) is 1. The highest BCUT2D eigenvalue weighted by Gasteiger charge is 2.37. The largest absolute Gasteiger partial charge is 0.342 e. The molecule has 0 N–H and O–H groups in total. The molecule has 2 nitrogen and oxygen atoms in total. The molecule has 1 fully saturated rings. The lowest BCUT2D eigenvalue weighted by Gasteiger charge is -2.33. The standard InChI is InChI=1S/C19H37NO/c1-5-7-9-10-11-14-19(4,13-8-6-2)18(21)20-15-12-17(3)16-20/h17H,5-16H2,1-4H3. The molecule has 2 atom stereocenters. The van der Waals surface area contributed by atoms with E-state index in [1.807, 2.05) is 0 Å². The SMILES string of the molecule is CCCCCCCC(C)(CCCC)C(=O)N1CCC(C)C1. The molecule has 0 spiro atoms. The van der Waals surface area contributed by atoms with E-state index < -0.39 is 0 Å². The van der Waals surface area contributed by atoms with E-state index >= 15 is 0 Å². The molecule has 0 aromatic rings. The number of nitrogens with zero attached hydrogens (tertiary/aromatic N) is 1. The van der Waals surface area contributed by atoms with E-state index in [1.165, 1.54) is 51.4 Å². The second-order valence-corrected chi connectivity index (χ2v) is 7.47. The summed E-state index contributed by atoms with van der Waals surface area (Å²) in [4.78, 5) is 15.1. The summed E-state index contributed by atoms with van der Waals surface area (Å²) >= 11 is 0. The maximum Gasteiger partial charge on any atom is 0.228 e. The Balaban J connectivity index is 2.52. The van der Waals surface area contributed by atoms with Crippen molar-refractivity contribution in [3.05, 3.63) is 0 Å². The van der Waals surface area contributed by atoms with Gasteiger partial charge in [-0.3, -0.25) is 4.79 Å². The molecule has 21 heavy (non-hydrogen) atoms. The number of carbonyl (C=O) groups is 1. The fourth-order valence-corrected chi connectivity index (χ4v) is 3.53. The summed E-state index contributed by atoms with van der Waals surface area (Å²) in [5.74, 6) is 1.13. The predicted octanol–water partition coefficient (Wildman–Crippen LogP) is 5.41. The van der Waals surface area contributed by atoms with Gasteiger partial charge in [-0.2, -0.15) is 0 Å². The molecule has 1 aliphatic rings. The quantitative estimate of drug-likeness (QED) is 0.493. The van der Waals surface area contributed by atoms with Gasteiger partial charge >= 0.3 is 0 Å². The zero-order valence-electron chi connectivity index (χ0n) is 14.9. The second-order valence-electron chi connectivity index (χ2n) is 7.47. The molecule has 0 aromatic carbocycles. The first-order valence-electron chi connectivity index (χ1n) is 9.33. The first-order chi connectivity index (χ1) is 10.0. The van der Waals surface area contributed by atoms with Crippen molar-refractivity contribution < 1.29 is 4.79 Å². The van der Waals surface area contributed by atoms with E-state index in [4.69, 9.17) is 0 Å². The summed E-state index contributed by atoms with van der Waals surface area (Å²) in [5.41, 5.74) is -0.105. The Kier molecular flexibility index (Phi) is 8.36. The van der Waals surface area contributed by atoms with Crippen LogP contribution in [0.1, 0.15) is 91.9 Å². The fraction of sp³-hybridized carbons (Fsp3) is 0.947. The average molecular weight is 296 g/mol. The van der Waals surface area contributed by atoms with Crippen LogP contribution in [0, 0.1) is 11.3 Å². The third kappa shape index (κ3) is 6.00. The highest BCUT2D eigenvalue weighted by molar-refractivity contribution is 5.82. The number of rotatable bonds is 10. The molecule has 0 saturated carbocycles. The number of likely N-dealkylation sites (tertiary alicyclic amines) is 1. The highest BCUT2D eigenvalue weighted by Crippen LogP contribution is 2.35. The minimum atomic E-state index is -0.105. The lowest BCUT2D eigenvalue weighted by atomic mass is 9.78. The Bertz CT molecular complexity index is 302. The minimum Gasteiger partial charge on any atom is -0.342 e. The molecule has 0 aliphatic carbocycles. The molecule has 1 saturated heterocycles. The van der Waals surface area contributed by atoms with Crippen molar-refractivity contribution in [1.82, 2.24) is 4.90 Å². The van der Waals surface area contributed by atoms with Crippen LogP contribution in [0.25, 0.3) is 0 Å². The molecule has 0 aromatic heterocycles. The topological polar surface area (TPSA) is 20.3 Å². The molecule has 2 heteroatoms. The molecule has 0 bridgehead atoms. The van der Waals surface area contributed by atoms with E-state index in [2.05, 4.69) is 32.6 Å². The van der Waals surface area contributed by atoms with Crippen molar-refractivity contribution in [2.45, 2.75) is 91.9 Å². The molecule has 1 amide bonds. The zero-order valence-corrected chi connectivity index (χ0v) is 14.9. The van der Waals surface area contributed by atoms with E-state index in [0.29, 0.717) is 11.8 Å². The van der Waals surface area contributed by atoms with Crippen molar-refractivity contribution >= 4 is 5.91 Å². The van der Waals surface area contributed by atoms with Gasteiger partial charge in [-0.1, -0.05) is 72.6 Å². The maximum atomic E-state index is 13.0. The van der Waals surface area contributed by atoms with Gasteiger partial charge in [0.25, 0.3) is 0 Å². The van der Waals surface area contributed by atoms with Crippen LogP contribution in [-0.4, -0.2) is 23.9 Å². The van der Waals surface area contributed by atoms with Gasteiger partial charge in [-0.15, -0.1) is 0 Å². The van der Waals surface area contributed by atoms with Gasteiger partial charge in [0, 0.05) is 18.5 Å². The monoisotopic (exact) mass is 295 g/mol. The van der Waals surface area contributed by atoms with Gasteiger partial charge in [-0.05, 0) is 25.2 Å². The lowest BCUT2D eigenvalue weighted by molar-refractivity contribution is -0.141. The van der Waals surface area contributed by atoms with Crippen LogP contribution in [0.5, 0.6) is 0 Å². The van der Waals surface area contributed by atoms with Gasteiger partial charge < -0.3 is 4.90 Å². The van der Waals surface area contributed by atoms with Gasteiger partial charge in [0.2, 0.25) is 5.91 Å². The van der Waals surface area contributed by atoms with Crippen LogP contribution < -0.4 is 0 Å². The lowest BCUT2D eigenvalue weighted by Crippen LogP contribution is -2.41. The number of amides is 1. The highest BCUT2D eigenvalue weighted by atomic mass is 16.2. The summed E-state index contributed by atoms with van der Waals surface area (Å²) in [6.45, 7) is 10.9. The molecule has 0 radical (unpaired) electrons. The Morgan fingerprint density at radius 1 is 1.05 bits per heavy atom. The fourth-order valence-electron chi connectivity index (χ4n) is 3.53. The summed E-state index contributed by atoms with van der Waals surface area (Å²) in [6.07, 6.45) is 12.2. The molecular formula is C19H37NO. The maximum absolute atomic E-state index is 13.0. The van der Waals surface area contributed by atoms with Crippen molar-refractivity contribution in [2.24, 2.45) is 11.3 Å². The first kappa shape index (κ1) is 18.5. The molecule has 1 rings (SSSR count). The van der Waals surface area contributed by atoms with E-state index in [1.54, 1.807) is 0 Å². The molecule has 124 valence electrons. The van der Waals surface area contributed by atoms with E-state index in [-0.39, 0.29) is 5.41 Å². The van der Waals surface area contributed by atoms with E-state index in [0.717, 1.165) is 25.9 Å². The number of unbranched alkanes of at least 4 members (excludes halogenated alkanes) is 5. The van der Waals surface area contributed by atoms with Crippen LogP contribution in [0.4, 0.5) is 0 Å². The van der Waals surface area contributed by atoms with Crippen LogP contribution >= 0.6 is 0 Å². The van der Waals surface area contributed by atoms with Crippen molar-refractivity contribution in [3.8, 4) is 0 Å². The van der Waals surface area contributed by atoms with Crippen LogP contribution in [0.3, 0.4) is 0 Å². The summed E-state index contributed by atoms with van der Waals surface area (Å²) in [7, 11) is 0. The molecule has 1 heterocycles. The van der Waals surface area contributed by atoms with Crippen molar-refractivity contribution in [2.75, 3.05) is 13.1 Å². The first-order valence-corrected chi connectivity index (χ1v) is 9.33. The zero-order chi connectivity index (χ0) is 15.7. The minimum absolute atomic E-state index is 0.105. The van der Waals surface area contributed by atoms with Crippen LogP contribution in [-0.2, 0) is 4.79 Å². The Labute approximate surface area is 132 Å².